The zero-order valence-corrected chi connectivity index (χ0v) is 8.26. The van der Waals surface area contributed by atoms with Gasteiger partial charge in [-0.3, -0.25) is 0 Å². The van der Waals surface area contributed by atoms with E-state index in [2.05, 4.69) is 0 Å². The first-order valence-electron chi connectivity index (χ1n) is 4.77. The van der Waals surface area contributed by atoms with Gasteiger partial charge < -0.3 is 4.57 Å². The minimum Gasteiger partial charge on any atom is -0.347 e. The van der Waals surface area contributed by atoms with Crippen LogP contribution in [0.4, 0.5) is 17.6 Å². The summed E-state index contributed by atoms with van der Waals surface area (Å²) in [5.74, 6) is -0.414. The third-order valence-electron chi connectivity index (χ3n) is 2.40. The molecule has 1 nitrogen and oxygen atoms in total. The van der Waals surface area contributed by atoms with Gasteiger partial charge in [-0.25, -0.2) is 4.39 Å². The molecular weight excluding hydrogens is 222 g/mol. The summed E-state index contributed by atoms with van der Waals surface area (Å²) < 4.78 is 50.8. The van der Waals surface area contributed by atoms with Crippen LogP contribution in [-0.4, -0.2) is 10.7 Å². The molecule has 0 atom stereocenters. The van der Waals surface area contributed by atoms with Gasteiger partial charge in [0.05, 0.1) is 11.9 Å². The Morgan fingerprint density at radius 2 is 1.88 bits per heavy atom. The smallest absolute Gasteiger partial charge is 0.347 e. The van der Waals surface area contributed by atoms with E-state index >= 15 is 0 Å². The summed E-state index contributed by atoms with van der Waals surface area (Å²) in [6.45, 7) is -0.184. The number of aromatic nitrogens is 1. The van der Waals surface area contributed by atoms with E-state index in [0.29, 0.717) is 10.9 Å². The average Bonchev–Trinajstić information content (AvgIpc) is 2.58. The Bertz CT molecular complexity index is 498. The van der Waals surface area contributed by atoms with Gasteiger partial charge in [-0.15, -0.1) is 0 Å². The van der Waals surface area contributed by atoms with E-state index in [9.17, 15) is 17.6 Å². The van der Waals surface area contributed by atoms with Crippen molar-refractivity contribution in [2.24, 2.45) is 0 Å². The van der Waals surface area contributed by atoms with Crippen LogP contribution in [0.25, 0.3) is 10.9 Å². The van der Waals surface area contributed by atoms with Crippen molar-refractivity contribution in [3.63, 3.8) is 0 Å². The molecule has 0 N–H and O–H groups in total. The Morgan fingerprint density at radius 1 is 1.12 bits per heavy atom. The minimum absolute atomic E-state index is 0.184. The van der Waals surface area contributed by atoms with Crippen molar-refractivity contribution in [1.82, 2.24) is 4.57 Å². The Morgan fingerprint density at radius 3 is 2.56 bits per heavy atom. The van der Waals surface area contributed by atoms with Gasteiger partial charge in [0.25, 0.3) is 0 Å². The van der Waals surface area contributed by atoms with Crippen LogP contribution < -0.4 is 0 Å². The minimum atomic E-state index is -4.19. The second-order valence-corrected chi connectivity index (χ2v) is 3.55. The van der Waals surface area contributed by atoms with Crippen molar-refractivity contribution >= 4 is 10.9 Å². The van der Waals surface area contributed by atoms with Crippen molar-refractivity contribution in [3.05, 3.63) is 36.3 Å². The summed E-state index contributed by atoms with van der Waals surface area (Å²) in [5.41, 5.74) is 0.490. The third-order valence-corrected chi connectivity index (χ3v) is 2.40. The molecule has 2 aromatic rings. The molecule has 0 unspecified atom stereocenters. The Labute approximate surface area is 89.3 Å². The SMILES string of the molecule is Fc1cccc2c1ccn2CCC(F)(F)F. The van der Waals surface area contributed by atoms with E-state index in [0.717, 1.165) is 0 Å². The van der Waals surface area contributed by atoms with Gasteiger partial charge in [0.15, 0.2) is 0 Å². The molecule has 1 heterocycles. The lowest BCUT2D eigenvalue weighted by Gasteiger charge is -2.08. The molecule has 0 bridgehead atoms. The highest BCUT2D eigenvalue weighted by Crippen LogP contribution is 2.23. The molecule has 0 amide bonds. The number of benzene rings is 1. The molecule has 1 aromatic heterocycles. The molecule has 86 valence electrons. The highest BCUT2D eigenvalue weighted by atomic mass is 19.4. The first kappa shape index (κ1) is 11.0. The standard InChI is InChI=1S/C11H9F4N/c12-9-2-1-3-10-8(9)4-6-16(10)7-5-11(13,14)15/h1-4,6H,5,7H2. The molecule has 0 radical (unpaired) electrons. The first-order chi connectivity index (χ1) is 7.47. The topological polar surface area (TPSA) is 4.93 Å². The van der Waals surface area contributed by atoms with Crippen molar-refractivity contribution < 1.29 is 17.6 Å². The normalized spacial score (nSPS) is 12.2. The summed E-state index contributed by atoms with van der Waals surface area (Å²) in [6.07, 6.45) is -3.63. The number of nitrogens with zero attached hydrogens (tertiary/aromatic N) is 1. The van der Waals surface area contributed by atoms with Crippen LogP contribution in [-0.2, 0) is 6.54 Å². The van der Waals surface area contributed by atoms with Gasteiger partial charge in [-0.05, 0) is 18.2 Å². The van der Waals surface area contributed by atoms with Gasteiger partial charge in [0, 0.05) is 18.1 Å². The molecule has 0 saturated carbocycles. The Kier molecular flexibility index (Phi) is 2.61. The molecule has 0 fully saturated rings. The van der Waals surface area contributed by atoms with Crippen molar-refractivity contribution in [1.29, 1.82) is 0 Å². The number of fused-ring (bicyclic) bond motifs is 1. The maximum absolute atomic E-state index is 13.2. The van der Waals surface area contributed by atoms with Crippen molar-refractivity contribution in [3.8, 4) is 0 Å². The highest BCUT2D eigenvalue weighted by Gasteiger charge is 2.26. The monoisotopic (exact) mass is 231 g/mol. The average molecular weight is 231 g/mol. The fourth-order valence-corrected chi connectivity index (χ4v) is 1.63. The third kappa shape index (κ3) is 2.18. The lowest BCUT2D eigenvalue weighted by Crippen LogP contribution is -2.11. The van der Waals surface area contributed by atoms with E-state index in [1.807, 2.05) is 0 Å². The second-order valence-electron chi connectivity index (χ2n) is 3.55. The lowest BCUT2D eigenvalue weighted by molar-refractivity contribution is -0.136. The predicted octanol–water partition coefficient (Wildman–Crippen LogP) is 3.73. The van der Waals surface area contributed by atoms with Crippen LogP contribution in [0.5, 0.6) is 0 Å². The van der Waals surface area contributed by atoms with Gasteiger partial charge in [0.2, 0.25) is 0 Å². The number of hydrogen-bond acceptors (Lipinski definition) is 0. The number of alkyl halides is 3. The van der Waals surface area contributed by atoms with Crippen LogP contribution in [0.1, 0.15) is 6.42 Å². The van der Waals surface area contributed by atoms with E-state index in [-0.39, 0.29) is 6.54 Å². The molecule has 0 aliphatic heterocycles. The highest BCUT2D eigenvalue weighted by molar-refractivity contribution is 5.80. The van der Waals surface area contributed by atoms with Crippen LogP contribution in [0.3, 0.4) is 0 Å². The van der Waals surface area contributed by atoms with Crippen molar-refractivity contribution in [2.75, 3.05) is 0 Å². The van der Waals surface area contributed by atoms with Gasteiger partial charge in [0.1, 0.15) is 5.82 Å². The molecule has 0 aliphatic rings. The maximum atomic E-state index is 13.2. The molecule has 1 aromatic carbocycles. The fraction of sp³-hybridized carbons (Fsp3) is 0.273. The number of hydrogen-bond donors (Lipinski definition) is 0. The van der Waals surface area contributed by atoms with E-state index in [4.69, 9.17) is 0 Å². The molecule has 16 heavy (non-hydrogen) atoms. The zero-order valence-electron chi connectivity index (χ0n) is 8.26. The van der Waals surface area contributed by atoms with Crippen LogP contribution >= 0.6 is 0 Å². The van der Waals surface area contributed by atoms with E-state index in [1.54, 1.807) is 6.07 Å². The molecule has 0 aliphatic carbocycles. The molecule has 2 rings (SSSR count). The fourth-order valence-electron chi connectivity index (χ4n) is 1.63. The summed E-state index contributed by atoms with van der Waals surface area (Å²) >= 11 is 0. The van der Waals surface area contributed by atoms with Crippen molar-refractivity contribution in [2.45, 2.75) is 19.1 Å². The van der Waals surface area contributed by atoms with Gasteiger partial charge >= 0.3 is 6.18 Å². The first-order valence-corrected chi connectivity index (χ1v) is 4.77. The Balaban J connectivity index is 2.29. The molecule has 0 spiro atoms. The van der Waals surface area contributed by atoms with E-state index in [1.165, 1.54) is 29.0 Å². The number of aryl methyl sites for hydroxylation is 1. The van der Waals surface area contributed by atoms with Crippen LogP contribution in [0, 0.1) is 5.82 Å². The number of halogens is 4. The van der Waals surface area contributed by atoms with Crippen LogP contribution in [0.2, 0.25) is 0 Å². The summed E-state index contributed by atoms with van der Waals surface area (Å²) in [7, 11) is 0. The zero-order chi connectivity index (χ0) is 11.8. The molecular formula is C11H9F4N. The number of rotatable bonds is 2. The largest absolute Gasteiger partial charge is 0.390 e. The molecule has 0 saturated heterocycles. The lowest BCUT2D eigenvalue weighted by atomic mass is 10.2. The maximum Gasteiger partial charge on any atom is 0.390 e. The predicted molar refractivity (Wildman–Crippen MR) is 52.6 cm³/mol. The summed E-state index contributed by atoms with van der Waals surface area (Å²) in [4.78, 5) is 0. The quantitative estimate of drug-likeness (QED) is 0.694. The van der Waals surface area contributed by atoms with Gasteiger partial charge in [-0.1, -0.05) is 6.07 Å². The van der Waals surface area contributed by atoms with Crippen LogP contribution in [0.15, 0.2) is 30.5 Å². The molecule has 5 heteroatoms. The Hall–Kier alpha value is -1.52. The van der Waals surface area contributed by atoms with E-state index < -0.39 is 18.4 Å². The summed E-state index contributed by atoms with van der Waals surface area (Å²) in [6, 6.07) is 5.87. The van der Waals surface area contributed by atoms with Gasteiger partial charge in [-0.2, -0.15) is 13.2 Å². The summed E-state index contributed by atoms with van der Waals surface area (Å²) in [5, 5.41) is 0.352. The second kappa shape index (κ2) is 3.81.